The van der Waals surface area contributed by atoms with E-state index in [1.807, 2.05) is 0 Å². The Hall–Kier alpha value is -0.740. The van der Waals surface area contributed by atoms with E-state index in [1.54, 1.807) is 6.07 Å². The zero-order chi connectivity index (χ0) is 9.14. The van der Waals surface area contributed by atoms with Gasteiger partial charge in [0.2, 0.25) is 0 Å². The van der Waals surface area contributed by atoms with Crippen LogP contribution in [0.25, 0.3) is 0 Å². The van der Waals surface area contributed by atoms with E-state index in [-0.39, 0.29) is 0 Å². The van der Waals surface area contributed by atoms with E-state index in [1.165, 1.54) is 14.2 Å². The smallest absolute Gasteiger partial charge is 0.351 e. The van der Waals surface area contributed by atoms with Gasteiger partial charge in [0.1, 0.15) is 5.75 Å². The lowest BCUT2D eigenvalue weighted by molar-refractivity contribution is 0.0603. The molecule has 0 N–H and O–H groups in total. The van der Waals surface area contributed by atoms with Crippen molar-refractivity contribution in [3.8, 4) is 5.75 Å². The van der Waals surface area contributed by atoms with Crippen LogP contribution < -0.4 is 4.74 Å². The van der Waals surface area contributed by atoms with Crippen LogP contribution in [0.15, 0.2) is 6.07 Å². The molecule has 1 rings (SSSR count). The van der Waals surface area contributed by atoms with E-state index in [0.717, 1.165) is 11.3 Å². The fourth-order valence-electron chi connectivity index (χ4n) is 0.732. The van der Waals surface area contributed by atoms with E-state index in [2.05, 4.69) is 4.74 Å². The van der Waals surface area contributed by atoms with Gasteiger partial charge in [0.25, 0.3) is 0 Å². The minimum absolute atomic E-state index is 0.394. The van der Waals surface area contributed by atoms with E-state index < -0.39 is 5.97 Å². The van der Waals surface area contributed by atoms with Crippen molar-refractivity contribution in [1.29, 1.82) is 0 Å². The predicted molar refractivity (Wildman–Crippen MR) is 47.2 cm³/mol. The summed E-state index contributed by atoms with van der Waals surface area (Å²) in [6.45, 7) is 0. The normalized spacial score (nSPS) is 9.58. The highest BCUT2D eigenvalue weighted by Gasteiger charge is 2.16. The Morgan fingerprint density at radius 1 is 1.58 bits per heavy atom. The molecule has 66 valence electrons. The molecule has 0 saturated carbocycles. The summed E-state index contributed by atoms with van der Waals surface area (Å²) in [6.07, 6.45) is 0. The summed E-state index contributed by atoms with van der Waals surface area (Å²) < 4.78 is 9.95. The maximum absolute atomic E-state index is 11.1. The lowest BCUT2D eigenvalue weighted by Gasteiger charge is -1.98. The molecule has 0 saturated heterocycles. The first-order valence-corrected chi connectivity index (χ1v) is 4.30. The molecule has 1 aromatic rings. The van der Waals surface area contributed by atoms with Crippen molar-refractivity contribution >= 4 is 28.9 Å². The molecule has 0 aliphatic rings. The van der Waals surface area contributed by atoms with Gasteiger partial charge in [-0.15, -0.1) is 11.3 Å². The van der Waals surface area contributed by atoms with Gasteiger partial charge in [-0.3, -0.25) is 0 Å². The number of esters is 1. The Bertz CT molecular complexity index is 295. The molecule has 3 nitrogen and oxygen atoms in total. The van der Waals surface area contributed by atoms with Crippen molar-refractivity contribution in [2.24, 2.45) is 0 Å². The molecule has 0 aliphatic heterocycles. The molecule has 0 amide bonds. The Balaban J connectivity index is 3.04. The second kappa shape index (κ2) is 3.78. The van der Waals surface area contributed by atoms with E-state index >= 15 is 0 Å². The monoisotopic (exact) mass is 206 g/mol. The zero-order valence-corrected chi connectivity index (χ0v) is 8.16. The van der Waals surface area contributed by atoms with Crippen LogP contribution in [0, 0.1) is 0 Å². The molecule has 0 aromatic carbocycles. The molecule has 0 bridgehead atoms. The molecule has 0 atom stereocenters. The Kier molecular flexibility index (Phi) is 2.94. The predicted octanol–water partition coefficient (Wildman–Crippen LogP) is 2.20. The molecular weight excluding hydrogens is 200 g/mol. The van der Waals surface area contributed by atoms with Gasteiger partial charge in [0.15, 0.2) is 4.88 Å². The summed E-state index contributed by atoms with van der Waals surface area (Å²) in [7, 11) is 2.79. The number of carbonyl (C=O) groups excluding carboxylic acids is 1. The molecule has 1 aromatic heterocycles. The minimum atomic E-state index is -0.427. The second-order valence-electron chi connectivity index (χ2n) is 1.94. The largest absolute Gasteiger partial charge is 0.495 e. The summed E-state index contributed by atoms with van der Waals surface area (Å²) in [5, 5.41) is 0. The Morgan fingerprint density at radius 2 is 2.25 bits per heavy atom. The highest BCUT2D eigenvalue weighted by atomic mass is 35.5. The molecule has 12 heavy (non-hydrogen) atoms. The zero-order valence-electron chi connectivity index (χ0n) is 6.59. The topological polar surface area (TPSA) is 35.5 Å². The van der Waals surface area contributed by atoms with Gasteiger partial charge in [0, 0.05) is 6.07 Å². The molecule has 0 aliphatic carbocycles. The summed E-state index contributed by atoms with van der Waals surface area (Å²) >= 11 is 6.81. The van der Waals surface area contributed by atoms with E-state index in [4.69, 9.17) is 16.3 Å². The first-order chi connectivity index (χ1) is 5.69. The standard InChI is InChI=1S/C7H7ClO3S/c1-10-4-3-5(8)12-6(4)7(9)11-2/h3H,1-2H3. The Morgan fingerprint density at radius 3 is 2.75 bits per heavy atom. The molecule has 0 fully saturated rings. The van der Waals surface area contributed by atoms with Crippen LogP contribution in [-0.4, -0.2) is 20.2 Å². The maximum atomic E-state index is 11.1. The molecular formula is C7H7ClO3S. The minimum Gasteiger partial charge on any atom is -0.495 e. The second-order valence-corrected chi connectivity index (χ2v) is 3.62. The number of methoxy groups -OCH3 is 2. The maximum Gasteiger partial charge on any atom is 0.351 e. The molecule has 0 unspecified atom stereocenters. The summed E-state index contributed by atoms with van der Waals surface area (Å²) in [5.41, 5.74) is 0. The summed E-state index contributed by atoms with van der Waals surface area (Å²) in [6, 6.07) is 1.58. The lowest BCUT2D eigenvalue weighted by atomic mass is 10.4. The summed E-state index contributed by atoms with van der Waals surface area (Å²) in [5.74, 6) is 0.0283. The number of hydrogen-bond acceptors (Lipinski definition) is 4. The highest BCUT2D eigenvalue weighted by molar-refractivity contribution is 7.18. The van der Waals surface area contributed by atoms with Gasteiger partial charge in [-0.1, -0.05) is 11.6 Å². The fraction of sp³-hybridized carbons (Fsp3) is 0.286. The lowest BCUT2D eigenvalue weighted by Crippen LogP contribution is -1.99. The highest BCUT2D eigenvalue weighted by Crippen LogP contribution is 2.32. The quantitative estimate of drug-likeness (QED) is 0.696. The van der Waals surface area contributed by atoms with Crippen LogP contribution >= 0.6 is 22.9 Å². The number of halogens is 1. The first-order valence-electron chi connectivity index (χ1n) is 3.10. The third-order valence-corrected chi connectivity index (χ3v) is 2.48. The molecule has 0 spiro atoms. The van der Waals surface area contributed by atoms with Crippen LogP contribution in [0.2, 0.25) is 4.34 Å². The molecule has 0 radical (unpaired) electrons. The van der Waals surface area contributed by atoms with Crippen LogP contribution in [-0.2, 0) is 4.74 Å². The van der Waals surface area contributed by atoms with Gasteiger partial charge >= 0.3 is 5.97 Å². The average Bonchev–Trinajstić information content (AvgIpc) is 2.45. The van der Waals surface area contributed by atoms with Crippen molar-refractivity contribution in [2.45, 2.75) is 0 Å². The van der Waals surface area contributed by atoms with E-state index in [0.29, 0.717) is 15.0 Å². The van der Waals surface area contributed by atoms with Crippen molar-refractivity contribution in [3.05, 3.63) is 15.3 Å². The average molecular weight is 207 g/mol. The fourth-order valence-corrected chi connectivity index (χ4v) is 1.83. The van der Waals surface area contributed by atoms with Gasteiger partial charge in [0.05, 0.1) is 18.6 Å². The number of carbonyl (C=O) groups is 1. The number of hydrogen-bond donors (Lipinski definition) is 0. The third-order valence-electron chi connectivity index (χ3n) is 1.26. The van der Waals surface area contributed by atoms with Gasteiger partial charge in [-0.2, -0.15) is 0 Å². The van der Waals surface area contributed by atoms with Crippen LogP contribution in [0.1, 0.15) is 9.67 Å². The molecule has 5 heteroatoms. The van der Waals surface area contributed by atoms with Crippen molar-refractivity contribution < 1.29 is 14.3 Å². The SMILES string of the molecule is COC(=O)c1sc(Cl)cc1OC. The van der Waals surface area contributed by atoms with Crippen molar-refractivity contribution in [2.75, 3.05) is 14.2 Å². The Labute approximate surface area is 78.9 Å². The van der Waals surface area contributed by atoms with Crippen LogP contribution in [0.3, 0.4) is 0 Å². The van der Waals surface area contributed by atoms with Gasteiger partial charge < -0.3 is 9.47 Å². The van der Waals surface area contributed by atoms with Crippen molar-refractivity contribution in [1.82, 2.24) is 0 Å². The van der Waals surface area contributed by atoms with Gasteiger partial charge in [-0.05, 0) is 0 Å². The summed E-state index contributed by atoms with van der Waals surface area (Å²) in [4.78, 5) is 11.4. The number of ether oxygens (including phenoxy) is 2. The van der Waals surface area contributed by atoms with Crippen LogP contribution in [0.4, 0.5) is 0 Å². The van der Waals surface area contributed by atoms with Crippen molar-refractivity contribution in [3.63, 3.8) is 0 Å². The van der Waals surface area contributed by atoms with E-state index in [9.17, 15) is 4.79 Å². The first kappa shape index (κ1) is 9.35. The third kappa shape index (κ3) is 1.70. The number of rotatable bonds is 2. The van der Waals surface area contributed by atoms with Gasteiger partial charge in [-0.25, -0.2) is 4.79 Å². The number of thiophene rings is 1. The van der Waals surface area contributed by atoms with Crippen LogP contribution in [0.5, 0.6) is 5.75 Å². The molecule has 1 heterocycles.